The van der Waals surface area contributed by atoms with Crippen molar-refractivity contribution in [1.29, 1.82) is 0 Å². The number of carbonyl (C=O) groups is 2. The van der Waals surface area contributed by atoms with Gasteiger partial charge in [0.25, 0.3) is 5.91 Å². The second-order valence-electron chi connectivity index (χ2n) is 9.45. The first kappa shape index (κ1) is 22.9. The molecule has 1 aliphatic heterocycles. The van der Waals surface area contributed by atoms with Crippen LogP contribution in [0, 0.1) is 13.8 Å². The van der Waals surface area contributed by atoms with Crippen LogP contribution in [0.2, 0.25) is 0 Å². The number of aromatic nitrogens is 3. The van der Waals surface area contributed by atoms with Gasteiger partial charge in [0.15, 0.2) is 5.65 Å². The van der Waals surface area contributed by atoms with Crippen LogP contribution >= 0.6 is 0 Å². The van der Waals surface area contributed by atoms with Crippen LogP contribution in [0.25, 0.3) is 5.65 Å². The summed E-state index contributed by atoms with van der Waals surface area (Å²) in [6.07, 6.45) is 3.38. The summed E-state index contributed by atoms with van der Waals surface area (Å²) in [4.78, 5) is 31.3. The number of amides is 2. The summed E-state index contributed by atoms with van der Waals surface area (Å²) in [5, 5.41) is 7.38. The number of aryl methyl sites for hydroxylation is 2. The molecule has 0 atom stereocenters. The van der Waals surface area contributed by atoms with Gasteiger partial charge >= 0.3 is 0 Å². The Balaban J connectivity index is 1.37. The highest BCUT2D eigenvalue weighted by Crippen LogP contribution is 2.25. The molecule has 1 aliphatic rings. The Kier molecular flexibility index (Phi) is 6.21. The molecule has 0 aliphatic carbocycles. The monoisotopic (exact) mass is 448 g/mol. The third-order valence-corrected chi connectivity index (χ3v) is 6.78. The van der Waals surface area contributed by atoms with E-state index >= 15 is 0 Å². The van der Waals surface area contributed by atoms with E-state index in [9.17, 15) is 9.59 Å². The maximum Gasteiger partial charge on any atom is 0.254 e. The minimum Gasteiger partial charge on any atom is -0.365 e. The van der Waals surface area contributed by atoms with Crippen LogP contribution in [-0.2, 0) is 24.2 Å². The van der Waals surface area contributed by atoms with Gasteiger partial charge < -0.3 is 11.1 Å². The van der Waals surface area contributed by atoms with Crippen molar-refractivity contribution < 1.29 is 9.59 Å². The predicted molar refractivity (Wildman–Crippen MR) is 127 cm³/mol. The fraction of sp³-hybridized carbons (Fsp3) is 0.440. The topological polar surface area (TPSA) is 106 Å². The van der Waals surface area contributed by atoms with Crippen molar-refractivity contribution in [2.45, 2.75) is 59.0 Å². The largest absolute Gasteiger partial charge is 0.365 e. The molecule has 0 fully saturated rings. The molecule has 0 bridgehead atoms. The first-order chi connectivity index (χ1) is 15.7. The van der Waals surface area contributed by atoms with Gasteiger partial charge in [0.05, 0.1) is 6.20 Å². The quantitative estimate of drug-likeness (QED) is 0.577. The standard InChI is InChI=1S/C25H32N6O2/c1-16-20(17(2)31-24(29-16)21(13-28-31)23(26)33)9-10-22(32)27-15-25(3,4)30-12-11-18-7-5-6-8-19(18)14-30/h5-8,13H,9-12,14-15H2,1-4H3,(H2,26,33)(H,27,32). The van der Waals surface area contributed by atoms with E-state index in [0.29, 0.717) is 30.6 Å². The van der Waals surface area contributed by atoms with E-state index in [1.54, 1.807) is 4.52 Å². The Labute approximate surface area is 194 Å². The molecule has 33 heavy (non-hydrogen) atoms. The molecule has 0 unspecified atom stereocenters. The van der Waals surface area contributed by atoms with Gasteiger partial charge in [0.1, 0.15) is 5.56 Å². The molecule has 0 radical (unpaired) electrons. The predicted octanol–water partition coefficient (Wildman–Crippen LogP) is 2.33. The Bertz CT molecular complexity index is 1210. The third-order valence-electron chi connectivity index (χ3n) is 6.78. The number of primary amides is 1. The van der Waals surface area contributed by atoms with Gasteiger partial charge in [-0.15, -0.1) is 0 Å². The Hall–Kier alpha value is -3.26. The summed E-state index contributed by atoms with van der Waals surface area (Å²) in [6, 6.07) is 8.58. The van der Waals surface area contributed by atoms with Gasteiger partial charge in [-0.25, -0.2) is 9.50 Å². The summed E-state index contributed by atoms with van der Waals surface area (Å²) in [6.45, 7) is 10.6. The van der Waals surface area contributed by atoms with Crippen molar-refractivity contribution >= 4 is 17.5 Å². The van der Waals surface area contributed by atoms with E-state index in [-0.39, 0.29) is 11.4 Å². The molecule has 3 aromatic rings. The lowest BCUT2D eigenvalue weighted by Crippen LogP contribution is -2.53. The molecule has 8 heteroatoms. The molecule has 3 heterocycles. The van der Waals surface area contributed by atoms with Crippen molar-refractivity contribution in [2.24, 2.45) is 5.73 Å². The normalized spacial score (nSPS) is 14.3. The van der Waals surface area contributed by atoms with Gasteiger partial charge in [-0.05, 0) is 57.2 Å². The fourth-order valence-electron chi connectivity index (χ4n) is 4.61. The summed E-state index contributed by atoms with van der Waals surface area (Å²) >= 11 is 0. The van der Waals surface area contributed by atoms with E-state index in [1.165, 1.54) is 17.3 Å². The third kappa shape index (κ3) is 4.61. The minimum atomic E-state index is -0.553. The van der Waals surface area contributed by atoms with Crippen LogP contribution < -0.4 is 11.1 Å². The van der Waals surface area contributed by atoms with Crippen LogP contribution in [0.4, 0.5) is 0 Å². The molecule has 3 N–H and O–H groups in total. The summed E-state index contributed by atoms with van der Waals surface area (Å²) in [5.41, 5.74) is 11.4. The van der Waals surface area contributed by atoms with E-state index in [1.807, 2.05) is 13.8 Å². The molecule has 174 valence electrons. The first-order valence-electron chi connectivity index (χ1n) is 11.4. The van der Waals surface area contributed by atoms with Gasteiger partial charge in [-0.2, -0.15) is 5.10 Å². The number of nitrogens with zero attached hydrogens (tertiary/aromatic N) is 4. The number of benzene rings is 1. The maximum atomic E-state index is 12.7. The maximum absolute atomic E-state index is 12.7. The van der Waals surface area contributed by atoms with Crippen LogP contribution in [-0.4, -0.2) is 49.9 Å². The van der Waals surface area contributed by atoms with E-state index in [0.717, 1.165) is 36.5 Å². The van der Waals surface area contributed by atoms with Gasteiger partial charge in [0, 0.05) is 43.0 Å². The average Bonchev–Trinajstić information content (AvgIpc) is 3.21. The number of hydrogen-bond donors (Lipinski definition) is 2. The Morgan fingerprint density at radius 1 is 1.18 bits per heavy atom. The van der Waals surface area contributed by atoms with Crippen molar-refractivity contribution in [1.82, 2.24) is 24.8 Å². The van der Waals surface area contributed by atoms with Gasteiger partial charge in [-0.1, -0.05) is 24.3 Å². The lowest BCUT2D eigenvalue weighted by atomic mass is 9.94. The number of nitrogens with one attached hydrogen (secondary N) is 1. The lowest BCUT2D eigenvalue weighted by Gasteiger charge is -2.41. The molecular weight excluding hydrogens is 416 g/mol. The highest BCUT2D eigenvalue weighted by Gasteiger charge is 2.30. The van der Waals surface area contributed by atoms with Gasteiger partial charge in [0.2, 0.25) is 5.91 Å². The molecule has 8 nitrogen and oxygen atoms in total. The van der Waals surface area contributed by atoms with Crippen LogP contribution in [0.15, 0.2) is 30.5 Å². The zero-order chi connectivity index (χ0) is 23.8. The van der Waals surface area contributed by atoms with Gasteiger partial charge in [-0.3, -0.25) is 14.5 Å². The Morgan fingerprint density at radius 2 is 1.91 bits per heavy atom. The number of carbonyl (C=O) groups excluding carboxylic acids is 2. The number of rotatable bonds is 7. The number of fused-ring (bicyclic) bond motifs is 2. The zero-order valence-corrected chi connectivity index (χ0v) is 19.8. The van der Waals surface area contributed by atoms with Crippen molar-refractivity contribution in [3.63, 3.8) is 0 Å². The van der Waals surface area contributed by atoms with Crippen molar-refractivity contribution in [3.05, 3.63) is 64.1 Å². The molecule has 0 spiro atoms. The minimum absolute atomic E-state index is 0.0117. The summed E-state index contributed by atoms with van der Waals surface area (Å²) < 4.78 is 1.62. The molecular formula is C25H32N6O2. The lowest BCUT2D eigenvalue weighted by molar-refractivity contribution is -0.121. The van der Waals surface area contributed by atoms with Crippen LogP contribution in [0.1, 0.15) is 58.7 Å². The molecule has 1 aromatic carbocycles. The molecule has 2 aromatic heterocycles. The second kappa shape index (κ2) is 8.94. The van der Waals surface area contributed by atoms with Crippen LogP contribution in [0.3, 0.4) is 0 Å². The van der Waals surface area contributed by atoms with Crippen molar-refractivity contribution in [2.75, 3.05) is 13.1 Å². The van der Waals surface area contributed by atoms with E-state index in [4.69, 9.17) is 5.73 Å². The molecule has 4 rings (SSSR count). The van der Waals surface area contributed by atoms with Crippen molar-refractivity contribution in [3.8, 4) is 0 Å². The smallest absolute Gasteiger partial charge is 0.254 e. The molecule has 0 saturated carbocycles. The van der Waals surface area contributed by atoms with E-state index < -0.39 is 5.91 Å². The highest BCUT2D eigenvalue weighted by molar-refractivity contribution is 5.98. The second-order valence-corrected chi connectivity index (χ2v) is 9.45. The highest BCUT2D eigenvalue weighted by atomic mass is 16.2. The molecule has 2 amide bonds. The SMILES string of the molecule is Cc1nc2c(C(N)=O)cnn2c(C)c1CCC(=O)NCC(C)(C)N1CCc2ccccc2C1. The number of nitrogens with two attached hydrogens (primary N) is 1. The zero-order valence-electron chi connectivity index (χ0n) is 19.8. The van der Waals surface area contributed by atoms with E-state index in [2.05, 4.69) is 58.4 Å². The average molecular weight is 449 g/mol. The summed E-state index contributed by atoms with van der Waals surface area (Å²) in [7, 11) is 0. The number of hydrogen-bond acceptors (Lipinski definition) is 5. The Morgan fingerprint density at radius 3 is 2.64 bits per heavy atom. The first-order valence-corrected chi connectivity index (χ1v) is 11.4. The fourth-order valence-corrected chi connectivity index (χ4v) is 4.61. The van der Waals surface area contributed by atoms with Crippen LogP contribution in [0.5, 0.6) is 0 Å². The molecule has 0 saturated heterocycles. The summed E-state index contributed by atoms with van der Waals surface area (Å²) in [5.74, 6) is -0.541.